The molecule has 6 heteroatoms. The second kappa shape index (κ2) is 66.9. The summed E-state index contributed by atoms with van der Waals surface area (Å²) in [6.45, 7) is 6.67. The highest BCUT2D eigenvalue weighted by Gasteiger charge is 2.19. The summed E-state index contributed by atoms with van der Waals surface area (Å²) in [6, 6.07) is 0. The fourth-order valence-electron chi connectivity index (χ4n) is 10.3. The molecular weight excluding hydrogens is 961 g/mol. The molecule has 0 saturated heterocycles. The molecule has 0 saturated carbocycles. The van der Waals surface area contributed by atoms with Gasteiger partial charge in [0.2, 0.25) is 0 Å². The van der Waals surface area contributed by atoms with Crippen molar-refractivity contribution in [2.75, 3.05) is 13.2 Å². The molecule has 0 bridgehead atoms. The van der Waals surface area contributed by atoms with E-state index in [9.17, 15) is 14.4 Å². The maximum Gasteiger partial charge on any atom is 0.306 e. The van der Waals surface area contributed by atoms with Crippen LogP contribution in [-0.4, -0.2) is 37.2 Å². The molecule has 1 atom stereocenters. The molecule has 0 aliphatic heterocycles. The van der Waals surface area contributed by atoms with E-state index in [1.165, 1.54) is 250 Å². The van der Waals surface area contributed by atoms with Crippen molar-refractivity contribution >= 4 is 17.9 Å². The summed E-state index contributed by atoms with van der Waals surface area (Å²) in [5.74, 6) is -0.875. The number of hydrogen-bond donors (Lipinski definition) is 0. The van der Waals surface area contributed by atoms with Gasteiger partial charge in [-0.3, -0.25) is 14.4 Å². The number of hydrogen-bond acceptors (Lipinski definition) is 6. The van der Waals surface area contributed by atoms with Crippen molar-refractivity contribution in [2.24, 2.45) is 0 Å². The molecule has 0 aromatic heterocycles. The second-order valence-corrected chi connectivity index (χ2v) is 23.4. The van der Waals surface area contributed by atoms with E-state index in [-0.39, 0.29) is 31.1 Å². The van der Waals surface area contributed by atoms with E-state index >= 15 is 0 Å². The molecule has 0 aliphatic rings. The number of rotatable bonds is 64. The first-order valence-corrected chi connectivity index (χ1v) is 34.6. The number of allylic oxidation sites excluding steroid dienone is 8. The Bertz CT molecular complexity index is 1350. The maximum absolute atomic E-state index is 12.9. The van der Waals surface area contributed by atoms with Gasteiger partial charge in [0.15, 0.2) is 6.10 Å². The highest BCUT2D eigenvalue weighted by molar-refractivity contribution is 5.71. The number of carbonyl (C=O) groups is 3. The van der Waals surface area contributed by atoms with Crippen LogP contribution >= 0.6 is 0 Å². The van der Waals surface area contributed by atoms with E-state index in [4.69, 9.17) is 14.2 Å². The summed E-state index contributed by atoms with van der Waals surface area (Å²) in [6.07, 6.45) is 84.2. The van der Waals surface area contributed by atoms with Crippen LogP contribution in [0.2, 0.25) is 0 Å². The van der Waals surface area contributed by atoms with Crippen molar-refractivity contribution in [2.45, 2.75) is 380 Å². The third-order valence-electron chi connectivity index (χ3n) is 15.6. The van der Waals surface area contributed by atoms with Crippen LogP contribution in [0.15, 0.2) is 48.6 Å². The van der Waals surface area contributed by atoms with E-state index in [0.29, 0.717) is 19.3 Å². The molecule has 0 spiro atoms. The Labute approximate surface area is 486 Å². The van der Waals surface area contributed by atoms with Crippen molar-refractivity contribution in [3.63, 3.8) is 0 Å². The zero-order valence-electron chi connectivity index (χ0n) is 52.5. The fraction of sp³-hybridized carbons (Fsp3) is 0.847. The molecule has 78 heavy (non-hydrogen) atoms. The average molecular weight is 1090 g/mol. The molecule has 0 aromatic carbocycles. The molecule has 0 aliphatic carbocycles. The Kier molecular flexibility index (Phi) is 64.6. The van der Waals surface area contributed by atoms with Gasteiger partial charge >= 0.3 is 17.9 Å². The Morgan fingerprint density at radius 1 is 0.256 bits per heavy atom. The lowest BCUT2D eigenvalue weighted by atomic mass is 10.0. The van der Waals surface area contributed by atoms with Crippen LogP contribution in [0.5, 0.6) is 0 Å². The predicted molar refractivity (Wildman–Crippen MR) is 339 cm³/mol. The average Bonchev–Trinajstić information content (AvgIpc) is 3.44. The zero-order chi connectivity index (χ0) is 56.4. The summed E-state index contributed by atoms with van der Waals surface area (Å²) in [5.41, 5.74) is 0. The van der Waals surface area contributed by atoms with E-state index in [2.05, 4.69) is 69.4 Å². The first kappa shape index (κ1) is 75.4. The fourth-order valence-corrected chi connectivity index (χ4v) is 10.3. The number of carbonyl (C=O) groups excluding carboxylic acids is 3. The molecule has 0 heterocycles. The van der Waals surface area contributed by atoms with Crippen LogP contribution in [0.3, 0.4) is 0 Å². The van der Waals surface area contributed by atoms with Crippen LogP contribution in [-0.2, 0) is 28.6 Å². The van der Waals surface area contributed by atoms with E-state index in [0.717, 1.165) is 83.5 Å². The molecule has 0 amide bonds. The summed E-state index contributed by atoms with van der Waals surface area (Å²) in [5, 5.41) is 0. The highest BCUT2D eigenvalue weighted by atomic mass is 16.6. The van der Waals surface area contributed by atoms with E-state index < -0.39 is 6.10 Å². The summed E-state index contributed by atoms with van der Waals surface area (Å²) >= 11 is 0. The van der Waals surface area contributed by atoms with Gasteiger partial charge in [0.1, 0.15) is 13.2 Å². The maximum atomic E-state index is 12.9. The first-order chi connectivity index (χ1) is 38.5. The molecule has 6 nitrogen and oxygen atoms in total. The van der Waals surface area contributed by atoms with E-state index in [1.54, 1.807) is 0 Å². The second-order valence-electron chi connectivity index (χ2n) is 23.4. The van der Waals surface area contributed by atoms with Gasteiger partial charge in [0, 0.05) is 19.3 Å². The molecule has 0 aromatic rings. The van der Waals surface area contributed by atoms with Crippen molar-refractivity contribution in [3.8, 4) is 0 Å². The number of unbranched alkanes of at least 4 members (excludes halogenated alkanes) is 45. The van der Waals surface area contributed by atoms with Gasteiger partial charge in [-0.25, -0.2) is 0 Å². The Hall–Kier alpha value is -2.63. The van der Waals surface area contributed by atoms with Crippen molar-refractivity contribution < 1.29 is 28.6 Å². The van der Waals surface area contributed by atoms with Gasteiger partial charge in [-0.1, -0.05) is 320 Å². The Morgan fingerprint density at radius 3 is 0.731 bits per heavy atom. The van der Waals surface area contributed by atoms with Crippen LogP contribution < -0.4 is 0 Å². The van der Waals surface area contributed by atoms with Gasteiger partial charge < -0.3 is 14.2 Å². The largest absolute Gasteiger partial charge is 0.462 e. The quantitative estimate of drug-likeness (QED) is 0.0261. The van der Waals surface area contributed by atoms with Crippen molar-refractivity contribution in [3.05, 3.63) is 48.6 Å². The summed E-state index contributed by atoms with van der Waals surface area (Å²) < 4.78 is 17.0. The van der Waals surface area contributed by atoms with Crippen LogP contribution in [0.4, 0.5) is 0 Å². The Balaban J connectivity index is 4.29. The topological polar surface area (TPSA) is 78.9 Å². The number of ether oxygens (including phenoxy) is 3. The minimum Gasteiger partial charge on any atom is -0.462 e. The molecule has 0 radical (unpaired) electrons. The smallest absolute Gasteiger partial charge is 0.306 e. The summed E-state index contributed by atoms with van der Waals surface area (Å²) in [4.78, 5) is 38.4. The van der Waals surface area contributed by atoms with Crippen molar-refractivity contribution in [1.29, 1.82) is 0 Å². The number of esters is 3. The lowest BCUT2D eigenvalue weighted by Gasteiger charge is -2.18. The first-order valence-electron chi connectivity index (χ1n) is 34.6. The van der Waals surface area contributed by atoms with Crippen LogP contribution in [0.25, 0.3) is 0 Å². The lowest BCUT2D eigenvalue weighted by Crippen LogP contribution is -2.30. The molecule has 456 valence electrons. The van der Waals surface area contributed by atoms with Crippen LogP contribution in [0, 0.1) is 0 Å². The van der Waals surface area contributed by atoms with E-state index in [1.807, 2.05) is 0 Å². The van der Waals surface area contributed by atoms with Gasteiger partial charge in [-0.2, -0.15) is 0 Å². The minimum absolute atomic E-state index is 0.0774. The van der Waals surface area contributed by atoms with Gasteiger partial charge in [-0.05, 0) is 83.5 Å². The van der Waals surface area contributed by atoms with Gasteiger partial charge in [-0.15, -0.1) is 0 Å². The zero-order valence-corrected chi connectivity index (χ0v) is 52.5. The lowest BCUT2D eigenvalue weighted by molar-refractivity contribution is -0.167. The normalized spacial score (nSPS) is 12.3. The third kappa shape index (κ3) is 64.2. The molecule has 0 rings (SSSR count). The monoisotopic (exact) mass is 1090 g/mol. The summed E-state index contributed by atoms with van der Waals surface area (Å²) in [7, 11) is 0. The molecular formula is C72H132O6. The SMILES string of the molecule is CCCCCCC/C=C\C/C=C\C/C=C\CCCCCCCCC(=O)OC(COC(=O)CCCCCCC/C=C\CCCCCCC)COC(=O)CCCCCCCCCCCCCCCCCCCCCCCCCCC. The molecule has 1 unspecified atom stereocenters. The van der Waals surface area contributed by atoms with Crippen LogP contribution in [0.1, 0.15) is 374 Å². The Morgan fingerprint density at radius 2 is 0.462 bits per heavy atom. The third-order valence-corrected chi connectivity index (χ3v) is 15.6. The van der Waals surface area contributed by atoms with Crippen molar-refractivity contribution in [1.82, 2.24) is 0 Å². The van der Waals surface area contributed by atoms with Gasteiger partial charge in [0.05, 0.1) is 0 Å². The molecule has 0 fully saturated rings. The standard InChI is InChI=1S/C72H132O6/c1-4-7-10-13-16-19-22-25-28-30-32-34-35-36-37-39-40-42-44-47-50-53-56-59-62-65-71(74)77-68-69(67-76-70(73)64-61-58-55-52-49-46-27-24-21-18-15-12-9-6-3)78-72(75)66-63-60-57-54-51-48-45-43-41-38-33-31-29-26-23-20-17-14-11-8-5-2/h23-24,26-27,31,33,41,43,69H,4-22,25,28-30,32,34-40,42,44-68H2,1-3H3/b26-23-,27-24-,33-31-,43-41-. The highest BCUT2D eigenvalue weighted by Crippen LogP contribution is 2.18. The van der Waals surface area contributed by atoms with Gasteiger partial charge in [0.25, 0.3) is 0 Å². The predicted octanol–water partition coefficient (Wildman–Crippen LogP) is 23.7. The minimum atomic E-state index is -0.783. The molecule has 0 N–H and O–H groups in total.